The molecule has 4 heterocycles. The lowest BCUT2D eigenvalue weighted by atomic mass is 9.72. The quantitative estimate of drug-likeness (QED) is 0.805. The van der Waals surface area contributed by atoms with E-state index in [-0.39, 0.29) is 17.2 Å². The van der Waals surface area contributed by atoms with Gasteiger partial charge in [0.15, 0.2) is 0 Å². The van der Waals surface area contributed by atoms with E-state index in [4.69, 9.17) is 9.26 Å². The van der Waals surface area contributed by atoms with Crippen LogP contribution in [0.2, 0.25) is 0 Å². The van der Waals surface area contributed by atoms with Crippen LogP contribution in [-0.4, -0.2) is 52.2 Å². The van der Waals surface area contributed by atoms with Gasteiger partial charge in [-0.1, -0.05) is 18.5 Å². The summed E-state index contributed by atoms with van der Waals surface area (Å²) in [5, 5.41) is 4.17. The van der Waals surface area contributed by atoms with Crippen LogP contribution in [-0.2, 0) is 9.53 Å². The van der Waals surface area contributed by atoms with Crippen LogP contribution in [0.1, 0.15) is 50.8 Å². The number of hydrogen-bond acceptors (Lipinski definition) is 6. The van der Waals surface area contributed by atoms with Gasteiger partial charge in [-0.2, -0.15) is 4.98 Å². The monoisotopic (exact) mass is 370 g/mol. The summed E-state index contributed by atoms with van der Waals surface area (Å²) in [6.45, 7) is 4.96. The summed E-state index contributed by atoms with van der Waals surface area (Å²) in [5.74, 6) is 1.47. The van der Waals surface area contributed by atoms with Gasteiger partial charge in [0.2, 0.25) is 17.6 Å². The van der Waals surface area contributed by atoms with E-state index in [1.54, 1.807) is 12.4 Å². The minimum Gasteiger partial charge on any atom is -0.381 e. The molecule has 2 aliphatic rings. The Balaban J connectivity index is 1.59. The number of pyridine rings is 1. The lowest BCUT2D eigenvalue weighted by Gasteiger charge is -2.36. The molecule has 27 heavy (non-hydrogen) atoms. The highest BCUT2D eigenvalue weighted by Gasteiger charge is 2.51. The molecule has 0 aromatic carbocycles. The van der Waals surface area contributed by atoms with Crippen LogP contribution in [0.15, 0.2) is 29.0 Å². The fourth-order valence-corrected chi connectivity index (χ4v) is 4.26. The summed E-state index contributed by atoms with van der Waals surface area (Å²) in [7, 11) is 0. The van der Waals surface area contributed by atoms with Crippen molar-refractivity contribution in [2.24, 2.45) is 5.41 Å². The van der Waals surface area contributed by atoms with Gasteiger partial charge < -0.3 is 14.2 Å². The number of carbonyl (C=O) groups is 1. The molecule has 1 unspecified atom stereocenters. The molecule has 144 valence electrons. The lowest BCUT2D eigenvalue weighted by Crippen LogP contribution is -2.37. The number of aromatic nitrogens is 3. The highest BCUT2D eigenvalue weighted by molar-refractivity contribution is 5.76. The molecule has 0 saturated carbocycles. The Kier molecular flexibility index (Phi) is 5.20. The van der Waals surface area contributed by atoms with E-state index in [0.717, 1.165) is 51.0 Å². The van der Waals surface area contributed by atoms with Crippen LogP contribution >= 0.6 is 0 Å². The average molecular weight is 370 g/mol. The number of likely N-dealkylation sites (tertiary alicyclic amines) is 1. The zero-order chi connectivity index (χ0) is 18.7. The number of rotatable bonds is 5. The van der Waals surface area contributed by atoms with Gasteiger partial charge in [-0.05, 0) is 31.4 Å². The van der Waals surface area contributed by atoms with Crippen LogP contribution in [0.5, 0.6) is 0 Å². The first-order chi connectivity index (χ1) is 13.2. The largest absolute Gasteiger partial charge is 0.381 e. The maximum Gasteiger partial charge on any atom is 0.232 e. The van der Waals surface area contributed by atoms with Crippen molar-refractivity contribution < 1.29 is 14.1 Å². The zero-order valence-electron chi connectivity index (χ0n) is 15.8. The molecule has 4 rings (SSSR count). The van der Waals surface area contributed by atoms with E-state index in [1.807, 2.05) is 17.0 Å². The van der Waals surface area contributed by atoms with Gasteiger partial charge >= 0.3 is 0 Å². The number of unbranched alkanes of at least 4 members (excludes halogenated alkanes) is 1. The first-order valence-corrected chi connectivity index (χ1v) is 9.81. The summed E-state index contributed by atoms with van der Waals surface area (Å²) in [5.41, 5.74) is 0.807. The Morgan fingerprint density at radius 1 is 1.37 bits per heavy atom. The van der Waals surface area contributed by atoms with Gasteiger partial charge in [0.25, 0.3) is 0 Å². The van der Waals surface area contributed by atoms with Gasteiger partial charge in [0, 0.05) is 56.1 Å². The molecule has 0 N–H and O–H groups in total. The molecular weight excluding hydrogens is 344 g/mol. The SMILES string of the molecule is CCCCC(=O)N1CC(c2nc(-c3cccnc3)no2)C2(CCOCC2)C1. The Morgan fingerprint density at radius 3 is 2.96 bits per heavy atom. The maximum absolute atomic E-state index is 12.7. The van der Waals surface area contributed by atoms with E-state index in [1.165, 1.54) is 0 Å². The second kappa shape index (κ2) is 7.76. The number of amides is 1. The fraction of sp³-hybridized carbons (Fsp3) is 0.600. The average Bonchev–Trinajstić information content (AvgIpc) is 3.33. The molecule has 2 aromatic rings. The smallest absolute Gasteiger partial charge is 0.232 e. The molecule has 2 aliphatic heterocycles. The number of hydrogen-bond donors (Lipinski definition) is 0. The highest BCUT2D eigenvalue weighted by atomic mass is 16.5. The van der Waals surface area contributed by atoms with Gasteiger partial charge in [-0.25, -0.2) is 0 Å². The lowest BCUT2D eigenvalue weighted by molar-refractivity contribution is -0.131. The summed E-state index contributed by atoms with van der Waals surface area (Å²) < 4.78 is 11.3. The third kappa shape index (κ3) is 3.60. The number of carbonyl (C=O) groups excluding carboxylic acids is 1. The third-order valence-corrected chi connectivity index (χ3v) is 5.89. The van der Waals surface area contributed by atoms with Crippen molar-refractivity contribution >= 4 is 5.91 Å². The Hall–Kier alpha value is -2.28. The van der Waals surface area contributed by atoms with E-state index >= 15 is 0 Å². The van der Waals surface area contributed by atoms with E-state index in [9.17, 15) is 4.79 Å². The van der Waals surface area contributed by atoms with Crippen molar-refractivity contribution in [3.05, 3.63) is 30.4 Å². The van der Waals surface area contributed by atoms with Gasteiger partial charge in [0.05, 0.1) is 5.92 Å². The molecule has 1 spiro atoms. The Morgan fingerprint density at radius 2 is 2.22 bits per heavy atom. The Bertz CT molecular complexity index is 771. The predicted octanol–water partition coefficient (Wildman–Crippen LogP) is 3.04. The van der Waals surface area contributed by atoms with Crippen LogP contribution in [0.4, 0.5) is 0 Å². The van der Waals surface area contributed by atoms with Crippen molar-refractivity contribution in [3.8, 4) is 11.4 Å². The predicted molar refractivity (Wildman–Crippen MR) is 98.9 cm³/mol. The van der Waals surface area contributed by atoms with Crippen molar-refractivity contribution in [1.82, 2.24) is 20.0 Å². The second-order valence-electron chi connectivity index (χ2n) is 7.60. The van der Waals surface area contributed by atoms with Gasteiger partial charge in [0.1, 0.15) is 0 Å². The van der Waals surface area contributed by atoms with Crippen LogP contribution in [0.25, 0.3) is 11.4 Å². The summed E-state index contributed by atoms with van der Waals surface area (Å²) >= 11 is 0. The molecule has 0 radical (unpaired) electrons. The summed E-state index contributed by atoms with van der Waals surface area (Å²) in [6.07, 6.45) is 7.86. The third-order valence-electron chi connectivity index (χ3n) is 5.89. The van der Waals surface area contributed by atoms with Gasteiger partial charge in [-0.15, -0.1) is 0 Å². The standard InChI is InChI=1S/C20H26N4O3/c1-2-3-6-17(25)24-13-16(20(14-24)7-10-26-11-8-20)19-22-18(23-27-19)15-5-4-9-21-12-15/h4-5,9,12,16H,2-3,6-8,10-11,13-14H2,1H3. The molecular formula is C20H26N4O3. The van der Waals surface area contributed by atoms with E-state index in [2.05, 4.69) is 22.0 Å². The van der Waals surface area contributed by atoms with Crippen molar-refractivity contribution in [2.45, 2.75) is 44.9 Å². The van der Waals surface area contributed by atoms with Crippen LogP contribution in [0, 0.1) is 5.41 Å². The van der Waals surface area contributed by atoms with E-state index in [0.29, 0.717) is 24.7 Å². The maximum atomic E-state index is 12.7. The summed E-state index contributed by atoms with van der Waals surface area (Å²) in [6, 6.07) is 3.77. The van der Waals surface area contributed by atoms with Crippen LogP contribution < -0.4 is 0 Å². The van der Waals surface area contributed by atoms with Crippen molar-refractivity contribution in [3.63, 3.8) is 0 Å². The fourth-order valence-electron chi connectivity index (χ4n) is 4.26. The molecule has 2 saturated heterocycles. The van der Waals surface area contributed by atoms with Crippen molar-refractivity contribution in [1.29, 1.82) is 0 Å². The number of nitrogens with zero attached hydrogens (tertiary/aromatic N) is 4. The number of ether oxygens (including phenoxy) is 1. The molecule has 0 bridgehead atoms. The molecule has 0 aliphatic carbocycles. The molecule has 1 amide bonds. The minimum atomic E-state index is -0.0289. The molecule has 7 nitrogen and oxygen atoms in total. The van der Waals surface area contributed by atoms with Gasteiger partial charge in [-0.3, -0.25) is 9.78 Å². The molecule has 2 aromatic heterocycles. The molecule has 7 heteroatoms. The first kappa shape index (κ1) is 18.1. The molecule has 2 fully saturated rings. The second-order valence-corrected chi connectivity index (χ2v) is 7.60. The first-order valence-electron chi connectivity index (χ1n) is 9.81. The van der Waals surface area contributed by atoms with Crippen molar-refractivity contribution in [2.75, 3.05) is 26.3 Å². The van der Waals surface area contributed by atoms with E-state index < -0.39 is 0 Å². The normalized spacial score (nSPS) is 21.7. The molecule has 1 atom stereocenters. The zero-order valence-corrected chi connectivity index (χ0v) is 15.8. The highest BCUT2D eigenvalue weighted by Crippen LogP contribution is 2.49. The van der Waals surface area contributed by atoms with Crippen LogP contribution in [0.3, 0.4) is 0 Å². The topological polar surface area (TPSA) is 81.4 Å². The minimum absolute atomic E-state index is 0.0289. The Labute approximate surface area is 159 Å². The summed E-state index contributed by atoms with van der Waals surface area (Å²) in [4.78, 5) is 23.4.